The zero-order chi connectivity index (χ0) is 20.3. The van der Waals surface area contributed by atoms with Crippen molar-refractivity contribution in [1.29, 1.82) is 0 Å². The summed E-state index contributed by atoms with van der Waals surface area (Å²) in [6.45, 7) is 6.70. The standard InChI is InChI=1S/C20H27N5O3/c1-5-24(6-2)19-21-17-16(18(26)23(4)20(27)22(17)3)25(19)13-10-14-28-15-11-8-7-9-12-15/h7-9,11-12H,5-6,10,13-14H2,1-4H3. The monoisotopic (exact) mass is 385 g/mol. The Balaban J connectivity index is 1.97. The number of ether oxygens (including phenoxy) is 1. The molecule has 0 fully saturated rings. The van der Waals surface area contributed by atoms with Crippen molar-refractivity contribution in [3.8, 4) is 5.75 Å². The molecule has 2 aromatic heterocycles. The molecule has 0 bridgehead atoms. The molecule has 0 unspecified atom stereocenters. The van der Waals surface area contributed by atoms with Crippen LogP contribution < -0.4 is 20.9 Å². The first kappa shape index (κ1) is 19.7. The Morgan fingerprint density at radius 1 is 1.04 bits per heavy atom. The van der Waals surface area contributed by atoms with E-state index in [-0.39, 0.29) is 11.2 Å². The predicted octanol–water partition coefficient (Wildman–Crippen LogP) is 1.75. The topological polar surface area (TPSA) is 74.3 Å². The van der Waals surface area contributed by atoms with E-state index in [4.69, 9.17) is 4.74 Å². The molecule has 0 saturated carbocycles. The lowest BCUT2D eigenvalue weighted by atomic mass is 10.3. The molecule has 0 saturated heterocycles. The molecule has 8 nitrogen and oxygen atoms in total. The molecule has 0 N–H and O–H groups in total. The van der Waals surface area contributed by atoms with Crippen LogP contribution in [0.15, 0.2) is 39.9 Å². The van der Waals surface area contributed by atoms with Crippen molar-refractivity contribution >= 4 is 17.1 Å². The molecule has 150 valence electrons. The summed E-state index contributed by atoms with van der Waals surface area (Å²) in [5, 5.41) is 0. The minimum atomic E-state index is -0.374. The van der Waals surface area contributed by atoms with Gasteiger partial charge in [-0.15, -0.1) is 0 Å². The van der Waals surface area contributed by atoms with E-state index < -0.39 is 0 Å². The maximum atomic E-state index is 12.8. The van der Waals surface area contributed by atoms with Crippen LogP contribution in [0.25, 0.3) is 11.2 Å². The van der Waals surface area contributed by atoms with Crippen LogP contribution in [-0.4, -0.2) is 38.4 Å². The molecule has 0 aliphatic carbocycles. The highest BCUT2D eigenvalue weighted by Crippen LogP contribution is 2.20. The van der Waals surface area contributed by atoms with E-state index in [0.717, 1.165) is 23.4 Å². The summed E-state index contributed by atoms with van der Waals surface area (Å²) >= 11 is 0. The molecule has 0 aliphatic rings. The second kappa shape index (κ2) is 8.33. The summed E-state index contributed by atoms with van der Waals surface area (Å²) < 4.78 is 10.3. The van der Waals surface area contributed by atoms with Crippen molar-refractivity contribution in [2.75, 3.05) is 24.6 Å². The number of hydrogen-bond acceptors (Lipinski definition) is 5. The van der Waals surface area contributed by atoms with E-state index in [2.05, 4.69) is 9.88 Å². The van der Waals surface area contributed by atoms with Gasteiger partial charge in [-0.05, 0) is 32.4 Å². The van der Waals surface area contributed by atoms with Gasteiger partial charge in [0.05, 0.1) is 6.61 Å². The van der Waals surface area contributed by atoms with Crippen LogP contribution in [0.4, 0.5) is 5.95 Å². The summed E-state index contributed by atoms with van der Waals surface area (Å²) in [6.07, 6.45) is 0.709. The quantitative estimate of drug-likeness (QED) is 0.552. The Bertz CT molecular complexity index is 1060. The molecule has 0 amide bonds. The van der Waals surface area contributed by atoms with Crippen molar-refractivity contribution < 1.29 is 4.74 Å². The molecule has 2 heterocycles. The van der Waals surface area contributed by atoms with Gasteiger partial charge in [0, 0.05) is 33.7 Å². The summed E-state index contributed by atoms with van der Waals surface area (Å²) in [4.78, 5) is 31.9. The van der Waals surface area contributed by atoms with E-state index in [9.17, 15) is 9.59 Å². The molecular weight excluding hydrogens is 358 g/mol. The highest BCUT2D eigenvalue weighted by Gasteiger charge is 2.21. The van der Waals surface area contributed by atoms with Gasteiger partial charge in [0.25, 0.3) is 5.56 Å². The lowest BCUT2D eigenvalue weighted by molar-refractivity contribution is 0.302. The van der Waals surface area contributed by atoms with Crippen LogP contribution in [0.3, 0.4) is 0 Å². The molecule has 28 heavy (non-hydrogen) atoms. The first-order chi connectivity index (χ1) is 13.5. The third-order valence-electron chi connectivity index (χ3n) is 4.91. The van der Waals surface area contributed by atoms with Gasteiger partial charge in [0.1, 0.15) is 5.75 Å². The zero-order valence-corrected chi connectivity index (χ0v) is 16.9. The molecule has 0 atom stereocenters. The number of para-hydroxylation sites is 1. The maximum Gasteiger partial charge on any atom is 0.332 e. The fraction of sp³-hybridized carbons (Fsp3) is 0.450. The van der Waals surface area contributed by atoms with Crippen molar-refractivity contribution in [2.45, 2.75) is 26.8 Å². The number of hydrogen-bond donors (Lipinski definition) is 0. The predicted molar refractivity (Wildman–Crippen MR) is 110 cm³/mol. The Kier molecular flexibility index (Phi) is 5.87. The van der Waals surface area contributed by atoms with Crippen LogP contribution in [0.5, 0.6) is 5.75 Å². The van der Waals surface area contributed by atoms with Gasteiger partial charge >= 0.3 is 5.69 Å². The lowest BCUT2D eigenvalue weighted by Gasteiger charge is -2.21. The number of aryl methyl sites for hydroxylation is 2. The Labute approximate surface area is 163 Å². The molecule has 3 rings (SSSR count). The SMILES string of the molecule is CCN(CC)c1nc2c(c(=O)n(C)c(=O)n2C)n1CCCOc1ccccc1. The molecule has 3 aromatic rings. The van der Waals surface area contributed by atoms with Crippen molar-refractivity contribution in [1.82, 2.24) is 18.7 Å². The summed E-state index contributed by atoms with van der Waals surface area (Å²) in [5.41, 5.74) is 0.166. The number of imidazole rings is 1. The maximum absolute atomic E-state index is 12.8. The molecule has 0 aliphatic heterocycles. The van der Waals surface area contributed by atoms with Gasteiger partial charge in [-0.2, -0.15) is 4.98 Å². The van der Waals surface area contributed by atoms with Crippen molar-refractivity contribution in [2.24, 2.45) is 14.1 Å². The van der Waals surface area contributed by atoms with E-state index in [1.54, 1.807) is 7.05 Å². The largest absolute Gasteiger partial charge is 0.494 e. The molecule has 1 aromatic carbocycles. The average Bonchev–Trinajstić information content (AvgIpc) is 3.09. The van der Waals surface area contributed by atoms with E-state index >= 15 is 0 Å². The van der Waals surface area contributed by atoms with Crippen LogP contribution in [-0.2, 0) is 20.6 Å². The van der Waals surface area contributed by atoms with Crippen LogP contribution in [0, 0.1) is 0 Å². The second-order valence-electron chi connectivity index (χ2n) is 6.63. The second-order valence-corrected chi connectivity index (χ2v) is 6.63. The Hall–Kier alpha value is -3.03. The third kappa shape index (κ3) is 3.54. The first-order valence-corrected chi connectivity index (χ1v) is 9.58. The summed E-state index contributed by atoms with van der Waals surface area (Å²) in [6, 6.07) is 9.64. The number of benzene rings is 1. The van der Waals surface area contributed by atoms with E-state index in [1.165, 1.54) is 11.6 Å². The Morgan fingerprint density at radius 3 is 2.36 bits per heavy atom. The minimum absolute atomic E-state index is 0.326. The zero-order valence-electron chi connectivity index (χ0n) is 16.9. The number of fused-ring (bicyclic) bond motifs is 1. The first-order valence-electron chi connectivity index (χ1n) is 9.58. The lowest BCUT2D eigenvalue weighted by Crippen LogP contribution is -2.37. The molecule has 8 heteroatoms. The number of anilines is 1. The highest BCUT2D eigenvalue weighted by molar-refractivity contribution is 5.74. The van der Waals surface area contributed by atoms with Crippen LogP contribution in [0.1, 0.15) is 20.3 Å². The van der Waals surface area contributed by atoms with E-state index in [1.807, 2.05) is 48.7 Å². The molecule has 0 radical (unpaired) electrons. The smallest absolute Gasteiger partial charge is 0.332 e. The van der Waals surface area contributed by atoms with Gasteiger partial charge in [-0.3, -0.25) is 13.9 Å². The number of aromatic nitrogens is 4. The van der Waals surface area contributed by atoms with Crippen LogP contribution in [0.2, 0.25) is 0 Å². The fourth-order valence-corrected chi connectivity index (χ4v) is 3.32. The van der Waals surface area contributed by atoms with Gasteiger partial charge in [-0.25, -0.2) is 4.79 Å². The van der Waals surface area contributed by atoms with Gasteiger partial charge in [-0.1, -0.05) is 18.2 Å². The van der Waals surface area contributed by atoms with Gasteiger partial charge < -0.3 is 14.2 Å². The molecule has 0 spiro atoms. The number of nitrogens with zero attached hydrogens (tertiary/aromatic N) is 5. The van der Waals surface area contributed by atoms with Crippen molar-refractivity contribution in [3.63, 3.8) is 0 Å². The summed E-state index contributed by atoms with van der Waals surface area (Å²) in [7, 11) is 3.14. The number of rotatable bonds is 8. The minimum Gasteiger partial charge on any atom is -0.494 e. The molecular formula is C20H27N5O3. The van der Waals surface area contributed by atoms with Gasteiger partial charge in [0.2, 0.25) is 5.95 Å². The van der Waals surface area contributed by atoms with E-state index in [0.29, 0.717) is 36.7 Å². The third-order valence-corrected chi connectivity index (χ3v) is 4.91. The highest BCUT2D eigenvalue weighted by atomic mass is 16.5. The normalized spacial score (nSPS) is 11.1. The Morgan fingerprint density at radius 2 is 1.71 bits per heavy atom. The van der Waals surface area contributed by atoms with Crippen molar-refractivity contribution in [3.05, 3.63) is 51.2 Å². The van der Waals surface area contributed by atoms with Crippen LogP contribution >= 0.6 is 0 Å². The summed E-state index contributed by atoms with van der Waals surface area (Å²) in [5.74, 6) is 1.53. The fourth-order valence-electron chi connectivity index (χ4n) is 3.32. The average molecular weight is 385 g/mol. The van der Waals surface area contributed by atoms with Gasteiger partial charge in [0.15, 0.2) is 11.2 Å².